The van der Waals surface area contributed by atoms with Gasteiger partial charge in [0.25, 0.3) is 0 Å². The van der Waals surface area contributed by atoms with Crippen molar-refractivity contribution in [3.8, 4) is 0 Å². The van der Waals surface area contributed by atoms with Crippen LogP contribution in [0.25, 0.3) is 0 Å². The van der Waals surface area contributed by atoms with Crippen LogP contribution in [0.4, 0.5) is 5.69 Å². The number of benzene rings is 2. The number of hydrogen-bond acceptors (Lipinski definition) is 3. The Bertz CT molecular complexity index is 590. The molecule has 5 heteroatoms. The monoisotopic (exact) mass is 304 g/mol. The number of carbonyl (C=O) groups is 1. The summed E-state index contributed by atoms with van der Waals surface area (Å²) in [5, 5.41) is 16.1. The second kappa shape index (κ2) is 7.78. The van der Waals surface area contributed by atoms with Crippen LogP contribution in [0.2, 0.25) is 5.02 Å². The first kappa shape index (κ1) is 15.5. The van der Waals surface area contributed by atoms with E-state index in [4.69, 9.17) is 11.6 Å². The number of carbonyl (C=O) groups excluding carboxylic acids is 1. The zero-order chi connectivity index (χ0) is 15.1. The lowest BCUT2D eigenvalue weighted by Crippen LogP contribution is -2.31. The zero-order valence-electron chi connectivity index (χ0n) is 11.4. The second-order valence-electron chi connectivity index (χ2n) is 4.59. The molecule has 2 rings (SSSR count). The van der Waals surface area contributed by atoms with Crippen LogP contribution in [0.5, 0.6) is 0 Å². The molecule has 1 amide bonds. The van der Waals surface area contributed by atoms with Gasteiger partial charge in [0, 0.05) is 6.54 Å². The molecule has 0 radical (unpaired) electrons. The van der Waals surface area contributed by atoms with E-state index in [-0.39, 0.29) is 12.5 Å². The van der Waals surface area contributed by atoms with E-state index in [0.717, 1.165) is 5.56 Å². The number of halogens is 1. The number of rotatable bonds is 6. The Balaban J connectivity index is 1.76. The summed E-state index contributed by atoms with van der Waals surface area (Å²) in [5.41, 5.74) is 1.39. The Labute approximate surface area is 128 Å². The van der Waals surface area contributed by atoms with E-state index in [1.165, 1.54) is 0 Å². The summed E-state index contributed by atoms with van der Waals surface area (Å²) < 4.78 is 0. The molecular formula is C16H17ClN2O2. The first-order valence-corrected chi connectivity index (χ1v) is 7.02. The molecule has 21 heavy (non-hydrogen) atoms. The normalized spacial score (nSPS) is 11.9. The number of nitrogens with one attached hydrogen (secondary N) is 2. The van der Waals surface area contributed by atoms with Gasteiger partial charge in [-0.25, -0.2) is 0 Å². The Morgan fingerprint density at radius 2 is 1.76 bits per heavy atom. The number of aliphatic hydroxyl groups is 1. The quantitative estimate of drug-likeness (QED) is 0.769. The van der Waals surface area contributed by atoms with Gasteiger partial charge in [0.2, 0.25) is 5.91 Å². The summed E-state index contributed by atoms with van der Waals surface area (Å²) in [5.74, 6) is -0.205. The third-order valence-electron chi connectivity index (χ3n) is 2.96. The fourth-order valence-electron chi connectivity index (χ4n) is 1.87. The highest BCUT2D eigenvalue weighted by Gasteiger charge is 2.08. The first-order valence-electron chi connectivity index (χ1n) is 6.65. The Hall–Kier alpha value is -1.88. The van der Waals surface area contributed by atoms with Crippen molar-refractivity contribution in [2.75, 3.05) is 18.4 Å². The van der Waals surface area contributed by atoms with Crippen molar-refractivity contribution < 1.29 is 9.90 Å². The molecule has 0 aromatic heterocycles. The molecule has 0 spiro atoms. The molecule has 0 aliphatic rings. The van der Waals surface area contributed by atoms with Crippen molar-refractivity contribution in [1.29, 1.82) is 0 Å². The van der Waals surface area contributed by atoms with E-state index in [1.54, 1.807) is 24.3 Å². The minimum absolute atomic E-state index is 0.106. The largest absolute Gasteiger partial charge is 0.387 e. The standard InChI is InChI=1S/C16H17ClN2O2/c17-13-8-4-5-9-14(13)19-16(21)11-18-10-15(20)12-6-2-1-3-7-12/h1-9,15,18,20H,10-11H2,(H,19,21). The molecule has 2 aromatic carbocycles. The van der Waals surface area contributed by atoms with E-state index >= 15 is 0 Å². The van der Waals surface area contributed by atoms with Gasteiger partial charge in [-0.05, 0) is 17.7 Å². The van der Waals surface area contributed by atoms with Crippen molar-refractivity contribution in [3.63, 3.8) is 0 Å². The molecular weight excluding hydrogens is 288 g/mol. The molecule has 0 saturated carbocycles. The van der Waals surface area contributed by atoms with E-state index in [9.17, 15) is 9.90 Å². The van der Waals surface area contributed by atoms with Crippen LogP contribution < -0.4 is 10.6 Å². The van der Waals surface area contributed by atoms with Gasteiger partial charge in [0.1, 0.15) is 0 Å². The predicted molar refractivity (Wildman–Crippen MR) is 84.4 cm³/mol. The Kier molecular flexibility index (Phi) is 5.75. The molecule has 4 nitrogen and oxygen atoms in total. The van der Waals surface area contributed by atoms with Gasteiger partial charge in [-0.1, -0.05) is 54.1 Å². The SMILES string of the molecule is O=C(CNCC(O)c1ccccc1)Nc1ccccc1Cl. The number of aliphatic hydroxyl groups excluding tert-OH is 1. The van der Waals surface area contributed by atoms with Crippen LogP contribution in [0.3, 0.4) is 0 Å². The van der Waals surface area contributed by atoms with Gasteiger partial charge in [0.05, 0.1) is 23.4 Å². The second-order valence-corrected chi connectivity index (χ2v) is 4.99. The van der Waals surface area contributed by atoms with E-state index in [2.05, 4.69) is 10.6 Å². The molecule has 0 saturated heterocycles. The topological polar surface area (TPSA) is 61.4 Å². The van der Waals surface area contributed by atoms with Crippen LogP contribution in [-0.4, -0.2) is 24.1 Å². The molecule has 110 valence electrons. The van der Waals surface area contributed by atoms with Crippen molar-refractivity contribution in [3.05, 3.63) is 65.2 Å². The fourth-order valence-corrected chi connectivity index (χ4v) is 2.06. The average molecular weight is 305 g/mol. The number of hydrogen-bond donors (Lipinski definition) is 3. The van der Waals surface area contributed by atoms with E-state index in [0.29, 0.717) is 17.3 Å². The molecule has 3 N–H and O–H groups in total. The third-order valence-corrected chi connectivity index (χ3v) is 3.29. The average Bonchev–Trinajstić information content (AvgIpc) is 2.50. The lowest BCUT2D eigenvalue weighted by Gasteiger charge is -2.12. The zero-order valence-corrected chi connectivity index (χ0v) is 12.2. The fraction of sp³-hybridized carbons (Fsp3) is 0.188. The van der Waals surface area contributed by atoms with Crippen molar-refractivity contribution in [1.82, 2.24) is 5.32 Å². The molecule has 2 aromatic rings. The maximum atomic E-state index is 11.8. The summed E-state index contributed by atoms with van der Waals surface area (Å²) in [6, 6.07) is 16.3. The highest BCUT2D eigenvalue weighted by Crippen LogP contribution is 2.20. The van der Waals surface area contributed by atoms with Crippen molar-refractivity contribution >= 4 is 23.2 Å². The minimum atomic E-state index is -0.640. The van der Waals surface area contributed by atoms with Crippen LogP contribution in [-0.2, 0) is 4.79 Å². The number of amides is 1. The molecule has 1 atom stereocenters. The van der Waals surface area contributed by atoms with Gasteiger partial charge >= 0.3 is 0 Å². The van der Waals surface area contributed by atoms with Crippen molar-refractivity contribution in [2.45, 2.75) is 6.10 Å². The maximum Gasteiger partial charge on any atom is 0.238 e. The maximum absolute atomic E-state index is 11.8. The lowest BCUT2D eigenvalue weighted by atomic mass is 10.1. The molecule has 1 unspecified atom stereocenters. The molecule has 0 aliphatic carbocycles. The van der Waals surface area contributed by atoms with Gasteiger partial charge in [-0.15, -0.1) is 0 Å². The van der Waals surface area contributed by atoms with Crippen LogP contribution >= 0.6 is 11.6 Å². The van der Waals surface area contributed by atoms with Gasteiger partial charge in [-0.2, -0.15) is 0 Å². The highest BCUT2D eigenvalue weighted by atomic mass is 35.5. The molecule has 0 aliphatic heterocycles. The smallest absolute Gasteiger partial charge is 0.238 e. The Morgan fingerprint density at radius 1 is 1.10 bits per heavy atom. The molecule has 0 fully saturated rings. The Morgan fingerprint density at radius 3 is 2.48 bits per heavy atom. The number of anilines is 1. The van der Waals surface area contributed by atoms with E-state index in [1.807, 2.05) is 30.3 Å². The summed E-state index contributed by atoms with van der Waals surface area (Å²) in [4.78, 5) is 11.8. The summed E-state index contributed by atoms with van der Waals surface area (Å²) in [6.45, 7) is 0.412. The van der Waals surface area contributed by atoms with Crippen molar-refractivity contribution in [2.24, 2.45) is 0 Å². The van der Waals surface area contributed by atoms with E-state index < -0.39 is 6.10 Å². The predicted octanol–water partition coefficient (Wildman–Crippen LogP) is 2.60. The number of para-hydroxylation sites is 1. The van der Waals surface area contributed by atoms with Crippen LogP contribution in [0.15, 0.2) is 54.6 Å². The highest BCUT2D eigenvalue weighted by molar-refractivity contribution is 6.33. The first-order chi connectivity index (χ1) is 10.2. The third kappa shape index (κ3) is 4.86. The van der Waals surface area contributed by atoms with Gasteiger partial charge < -0.3 is 15.7 Å². The molecule has 0 bridgehead atoms. The van der Waals surface area contributed by atoms with Gasteiger partial charge in [0.15, 0.2) is 0 Å². The summed E-state index contributed by atoms with van der Waals surface area (Å²) in [7, 11) is 0. The summed E-state index contributed by atoms with van der Waals surface area (Å²) in [6.07, 6.45) is -0.640. The lowest BCUT2D eigenvalue weighted by molar-refractivity contribution is -0.115. The van der Waals surface area contributed by atoms with Crippen LogP contribution in [0, 0.1) is 0 Å². The van der Waals surface area contributed by atoms with Gasteiger partial charge in [-0.3, -0.25) is 4.79 Å². The minimum Gasteiger partial charge on any atom is -0.387 e. The van der Waals surface area contributed by atoms with Crippen LogP contribution in [0.1, 0.15) is 11.7 Å². The summed E-state index contributed by atoms with van der Waals surface area (Å²) >= 11 is 5.96. The molecule has 0 heterocycles.